The van der Waals surface area contributed by atoms with Gasteiger partial charge >= 0.3 is 0 Å². The highest BCUT2D eigenvalue weighted by Gasteiger charge is 2.51. The molecule has 0 bridgehead atoms. The minimum atomic E-state index is -1.36. The van der Waals surface area contributed by atoms with Gasteiger partial charge in [-0.05, 0) is 48.9 Å². The van der Waals surface area contributed by atoms with Gasteiger partial charge in [-0.3, -0.25) is 9.59 Å². The molecule has 1 aliphatic heterocycles. The molecule has 1 aliphatic rings. The number of halogens is 2. The van der Waals surface area contributed by atoms with Gasteiger partial charge in [0, 0.05) is 38.2 Å². The summed E-state index contributed by atoms with van der Waals surface area (Å²) in [6, 6.07) is 12.8. The van der Waals surface area contributed by atoms with E-state index in [9.17, 15) is 23.5 Å². The number of nitrogens with one attached hydrogen (secondary N) is 1. The topological polar surface area (TPSA) is 95.7 Å². The monoisotopic (exact) mass is 545 g/mol. The van der Waals surface area contributed by atoms with Crippen LogP contribution in [0.25, 0.3) is 0 Å². The summed E-state index contributed by atoms with van der Waals surface area (Å²) in [6.45, 7) is 5.77. The molecule has 6 nitrogen and oxygen atoms in total. The van der Waals surface area contributed by atoms with E-state index in [-0.39, 0.29) is 25.3 Å². The summed E-state index contributed by atoms with van der Waals surface area (Å²) >= 11 is 1.07. The van der Waals surface area contributed by atoms with E-state index >= 15 is 0 Å². The number of aliphatic hydroxyl groups excluding tert-OH is 1. The minimum Gasteiger partial charge on any atom is -0.391 e. The Hall–Kier alpha value is -2.75. The number of aliphatic hydroxyl groups is 1. The summed E-state index contributed by atoms with van der Waals surface area (Å²) in [6.07, 6.45) is 2.35. The van der Waals surface area contributed by atoms with Gasteiger partial charge in [0.05, 0.1) is 11.0 Å². The fourth-order valence-electron chi connectivity index (χ4n) is 4.92. The lowest BCUT2D eigenvalue weighted by atomic mass is 9.79. The van der Waals surface area contributed by atoms with Crippen LogP contribution in [0.2, 0.25) is 0 Å². The van der Waals surface area contributed by atoms with Crippen LogP contribution in [-0.4, -0.2) is 52.3 Å². The highest BCUT2D eigenvalue weighted by molar-refractivity contribution is 8.06. The van der Waals surface area contributed by atoms with Gasteiger partial charge < -0.3 is 21.1 Å². The number of rotatable bonds is 14. The molecule has 9 heteroatoms. The molecular formula is C29H37F2N3O3S. The summed E-state index contributed by atoms with van der Waals surface area (Å²) in [5.74, 6) is -3.16. The standard InChI is InChI=1S/C29H37F2N3O3S/c1-3-12-34(13-4-2)27(36)26-10-11-29(38-26,28(32)37)24(16-21-14-22(30)17-23(31)15-21)25(35)19-33-18-20-8-6-5-7-9-20/h5-10,14-15,17,24-25,33,35H,3-4,11-13,16,18-19H2,1-2H3,(H2,32,37)/t24-,25-,29?/m0/s1. The van der Waals surface area contributed by atoms with Crippen LogP contribution < -0.4 is 11.1 Å². The van der Waals surface area contributed by atoms with Crippen LogP contribution in [0.5, 0.6) is 0 Å². The molecule has 0 radical (unpaired) electrons. The highest BCUT2D eigenvalue weighted by Crippen LogP contribution is 2.49. The maximum Gasteiger partial charge on any atom is 0.259 e. The molecule has 0 fully saturated rings. The van der Waals surface area contributed by atoms with E-state index in [4.69, 9.17) is 5.73 Å². The number of allylic oxidation sites excluding steroid dienone is 1. The van der Waals surface area contributed by atoms with E-state index in [1.807, 2.05) is 44.2 Å². The Morgan fingerprint density at radius 3 is 2.29 bits per heavy atom. The van der Waals surface area contributed by atoms with Crippen LogP contribution in [0.3, 0.4) is 0 Å². The molecule has 1 unspecified atom stereocenters. The normalized spacial score (nSPS) is 18.6. The molecule has 4 N–H and O–H groups in total. The molecule has 38 heavy (non-hydrogen) atoms. The Morgan fingerprint density at radius 1 is 1.08 bits per heavy atom. The zero-order chi connectivity index (χ0) is 27.7. The Bertz CT molecular complexity index is 1110. The third-order valence-electron chi connectivity index (χ3n) is 6.75. The third-order valence-corrected chi connectivity index (χ3v) is 8.35. The van der Waals surface area contributed by atoms with E-state index in [2.05, 4.69) is 5.32 Å². The maximum absolute atomic E-state index is 14.0. The van der Waals surface area contributed by atoms with Crippen molar-refractivity contribution >= 4 is 23.6 Å². The summed E-state index contributed by atoms with van der Waals surface area (Å²) < 4.78 is 26.7. The lowest BCUT2D eigenvalue weighted by Gasteiger charge is -2.38. The van der Waals surface area contributed by atoms with Crippen LogP contribution in [0.15, 0.2) is 59.5 Å². The lowest BCUT2D eigenvalue weighted by Crippen LogP contribution is -2.53. The van der Waals surface area contributed by atoms with Crippen LogP contribution in [-0.2, 0) is 22.6 Å². The Morgan fingerprint density at radius 2 is 1.71 bits per heavy atom. The second-order valence-electron chi connectivity index (χ2n) is 9.69. The average molecular weight is 546 g/mol. The van der Waals surface area contributed by atoms with E-state index in [1.165, 1.54) is 12.1 Å². The molecule has 1 heterocycles. The fraction of sp³-hybridized carbons (Fsp3) is 0.448. The van der Waals surface area contributed by atoms with Crippen molar-refractivity contribution in [1.82, 2.24) is 10.2 Å². The quantitative estimate of drug-likeness (QED) is 0.331. The molecule has 0 aromatic heterocycles. The minimum absolute atomic E-state index is 0.00173. The Labute approximate surface area is 227 Å². The van der Waals surface area contributed by atoms with Gasteiger partial charge in [-0.2, -0.15) is 0 Å². The van der Waals surface area contributed by atoms with E-state index in [0.717, 1.165) is 36.2 Å². The number of hydrogen-bond donors (Lipinski definition) is 3. The summed E-state index contributed by atoms with van der Waals surface area (Å²) in [5.41, 5.74) is 7.28. The van der Waals surface area contributed by atoms with E-state index < -0.39 is 34.3 Å². The molecule has 0 saturated carbocycles. The smallest absolute Gasteiger partial charge is 0.259 e. The summed E-state index contributed by atoms with van der Waals surface area (Å²) in [5, 5.41) is 14.6. The van der Waals surface area contributed by atoms with Crippen molar-refractivity contribution in [3.05, 3.63) is 82.3 Å². The Balaban J connectivity index is 1.87. The molecule has 3 atom stereocenters. The van der Waals surface area contributed by atoms with Crippen molar-refractivity contribution in [3.63, 3.8) is 0 Å². The fourth-order valence-corrected chi connectivity index (χ4v) is 6.36. The average Bonchev–Trinajstić information content (AvgIpc) is 3.33. The van der Waals surface area contributed by atoms with Crippen molar-refractivity contribution < 1.29 is 23.5 Å². The predicted octanol–water partition coefficient (Wildman–Crippen LogP) is 4.17. The number of hydrogen-bond acceptors (Lipinski definition) is 5. The molecule has 0 saturated heterocycles. The van der Waals surface area contributed by atoms with Crippen LogP contribution in [0.1, 0.15) is 44.2 Å². The van der Waals surface area contributed by atoms with Gasteiger partial charge in [0.15, 0.2) is 0 Å². The second kappa shape index (κ2) is 13.9. The van der Waals surface area contributed by atoms with Crippen LogP contribution in [0.4, 0.5) is 8.78 Å². The van der Waals surface area contributed by atoms with Gasteiger partial charge in [-0.1, -0.05) is 50.3 Å². The first-order chi connectivity index (χ1) is 18.2. The molecule has 0 spiro atoms. The number of benzene rings is 2. The van der Waals surface area contributed by atoms with Gasteiger partial charge in [0.25, 0.3) is 5.91 Å². The second-order valence-corrected chi connectivity index (χ2v) is 11.1. The number of thioether (sulfide) groups is 1. The number of amides is 2. The SMILES string of the molecule is CCCN(CCC)C(=O)C1=CCC(C(N)=O)([C@@H](Cc2cc(F)cc(F)c2)[C@@H](O)CNCc2ccccc2)S1. The first-order valence-electron chi connectivity index (χ1n) is 13.1. The third kappa shape index (κ3) is 7.42. The zero-order valence-corrected chi connectivity index (χ0v) is 22.8. The van der Waals surface area contributed by atoms with E-state index in [0.29, 0.717) is 30.1 Å². The van der Waals surface area contributed by atoms with Crippen molar-refractivity contribution in [1.29, 1.82) is 0 Å². The number of nitrogens with two attached hydrogens (primary N) is 1. The molecule has 3 rings (SSSR count). The number of carbonyl (C=O) groups excluding carboxylic acids is 2. The van der Waals surface area contributed by atoms with Gasteiger partial charge in [-0.15, -0.1) is 11.8 Å². The Kier molecular flexibility index (Phi) is 10.9. The van der Waals surface area contributed by atoms with Gasteiger partial charge in [0.2, 0.25) is 5.91 Å². The number of primary amides is 1. The van der Waals surface area contributed by atoms with Crippen LogP contribution >= 0.6 is 11.8 Å². The summed E-state index contributed by atoms with van der Waals surface area (Å²) in [7, 11) is 0. The van der Waals surface area contributed by atoms with Crippen molar-refractivity contribution in [3.8, 4) is 0 Å². The van der Waals surface area contributed by atoms with Crippen LogP contribution in [0, 0.1) is 17.6 Å². The van der Waals surface area contributed by atoms with Crippen molar-refractivity contribution in [2.75, 3.05) is 19.6 Å². The maximum atomic E-state index is 14.0. The first-order valence-corrected chi connectivity index (χ1v) is 13.9. The molecule has 2 aromatic rings. The molecule has 2 aromatic carbocycles. The van der Waals surface area contributed by atoms with E-state index in [1.54, 1.807) is 11.0 Å². The molecular weight excluding hydrogens is 508 g/mol. The first kappa shape index (κ1) is 29.8. The lowest BCUT2D eigenvalue weighted by molar-refractivity contribution is -0.126. The number of nitrogens with zero attached hydrogens (tertiary/aromatic N) is 1. The van der Waals surface area contributed by atoms with Crippen molar-refractivity contribution in [2.24, 2.45) is 11.7 Å². The van der Waals surface area contributed by atoms with Crippen molar-refractivity contribution in [2.45, 2.75) is 56.9 Å². The number of carbonyl (C=O) groups is 2. The van der Waals surface area contributed by atoms with Gasteiger partial charge in [0.1, 0.15) is 16.4 Å². The zero-order valence-electron chi connectivity index (χ0n) is 22.0. The molecule has 2 amide bonds. The predicted molar refractivity (Wildman–Crippen MR) is 147 cm³/mol. The molecule has 206 valence electrons. The van der Waals surface area contributed by atoms with Gasteiger partial charge in [-0.25, -0.2) is 8.78 Å². The largest absolute Gasteiger partial charge is 0.391 e. The summed E-state index contributed by atoms with van der Waals surface area (Å²) in [4.78, 5) is 28.5. The molecule has 0 aliphatic carbocycles. The highest BCUT2D eigenvalue weighted by atomic mass is 32.2.